The lowest BCUT2D eigenvalue weighted by atomic mass is 9.99. The Hall–Kier alpha value is -7.04. The van der Waals surface area contributed by atoms with Crippen molar-refractivity contribution in [2.45, 2.75) is 0 Å². The molecule has 0 atom stereocenters. The van der Waals surface area contributed by atoms with Crippen molar-refractivity contribution in [2.24, 2.45) is 0 Å². The number of aromatic nitrogens is 3. The van der Waals surface area contributed by atoms with Gasteiger partial charge >= 0.3 is 0 Å². The van der Waals surface area contributed by atoms with E-state index in [4.69, 9.17) is 14.4 Å². The third-order valence-electron chi connectivity index (χ3n) is 10.4. The molecule has 8 aromatic carbocycles. The van der Waals surface area contributed by atoms with Gasteiger partial charge in [0.25, 0.3) is 0 Å². The van der Waals surface area contributed by atoms with E-state index in [1.54, 1.807) is 0 Å². The summed E-state index contributed by atoms with van der Waals surface area (Å²) in [4.78, 5) is 10.5. The summed E-state index contributed by atoms with van der Waals surface area (Å²) in [5, 5.41) is 8.03. The summed E-state index contributed by atoms with van der Waals surface area (Å²) in [6, 6.07) is 62.0. The van der Waals surface area contributed by atoms with Gasteiger partial charge in [-0.2, -0.15) is 0 Å². The minimum absolute atomic E-state index is 0.649. The lowest BCUT2D eigenvalue weighted by Gasteiger charge is -2.13. The Morgan fingerprint density at radius 1 is 0.385 bits per heavy atom. The number of hydrogen-bond donors (Lipinski definition) is 0. The Kier molecular flexibility index (Phi) is 6.22. The van der Waals surface area contributed by atoms with Crippen molar-refractivity contribution in [1.29, 1.82) is 0 Å². The van der Waals surface area contributed by atoms with E-state index in [0.717, 1.165) is 82.6 Å². The molecule has 0 N–H and O–H groups in total. The van der Waals surface area contributed by atoms with Crippen LogP contribution in [0.15, 0.2) is 180 Å². The van der Waals surface area contributed by atoms with Crippen molar-refractivity contribution >= 4 is 65.4 Å². The fourth-order valence-corrected chi connectivity index (χ4v) is 7.96. The maximum Gasteiger partial charge on any atom is 0.235 e. The Labute approximate surface area is 298 Å². The molecule has 0 bridgehead atoms. The molecule has 0 aliphatic carbocycles. The van der Waals surface area contributed by atoms with E-state index in [9.17, 15) is 0 Å². The largest absolute Gasteiger partial charge is 0.456 e. The molecule has 11 aromatic rings. The normalized spacial score (nSPS) is 11.8. The molecule has 0 spiro atoms. The van der Waals surface area contributed by atoms with Crippen LogP contribution in [0.4, 0.5) is 0 Å². The molecule has 4 nitrogen and oxygen atoms in total. The molecular weight excluding hydrogens is 635 g/mol. The van der Waals surface area contributed by atoms with Gasteiger partial charge in [0.2, 0.25) is 5.95 Å². The molecule has 0 saturated carbocycles. The molecule has 0 fully saturated rings. The zero-order valence-corrected chi connectivity index (χ0v) is 28.0. The van der Waals surface area contributed by atoms with Crippen LogP contribution in [-0.4, -0.2) is 14.5 Å². The molecule has 0 amide bonds. The van der Waals surface area contributed by atoms with Crippen LogP contribution in [0.25, 0.3) is 105 Å². The Balaban J connectivity index is 1.10. The van der Waals surface area contributed by atoms with Crippen LogP contribution >= 0.6 is 0 Å². The summed E-state index contributed by atoms with van der Waals surface area (Å²) in [6.07, 6.45) is 0. The average molecular weight is 664 g/mol. The second-order valence-electron chi connectivity index (χ2n) is 13.4. The van der Waals surface area contributed by atoms with E-state index in [2.05, 4.69) is 168 Å². The summed E-state index contributed by atoms with van der Waals surface area (Å²) in [5.41, 5.74) is 11.4. The van der Waals surface area contributed by atoms with Crippen LogP contribution in [-0.2, 0) is 0 Å². The van der Waals surface area contributed by atoms with Gasteiger partial charge in [0, 0.05) is 32.5 Å². The van der Waals surface area contributed by atoms with Crippen LogP contribution in [0.5, 0.6) is 0 Å². The summed E-state index contributed by atoms with van der Waals surface area (Å²) in [6.45, 7) is 0. The van der Waals surface area contributed by atoms with E-state index in [1.165, 1.54) is 16.3 Å². The topological polar surface area (TPSA) is 43.9 Å². The van der Waals surface area contributed by atoms with Crippen molar-refractivity contribution in [2.75, 3.05) is 0 Å². The first-order chi connectivity index (χ1) is 25.8. The predicted molar refractivity (Wildman–Crippen MR) is 215 cm³/mol. The van der Waals surface area contributed by atoms with Crippen molar-refractivity contribution in [1.82, 2.24) is 14.5 Å². The van der Waals surface area contributed by atoms with Crippen LogP contribution < -0.4 is 0 Å². The number of nitrogens with zero attached hydrogens (tertiary/aromatic N) is 3. The van der Waals surface area contributed by atoms with Gasteiger partial charge in [-0.15, -0.1) is 0 Å². The number of hydrogen-bond acceptors (Lipinski definition) is 3. The second kappa shape index (κ2) is 11.2. The SMILES string of the molecule is c1ccc(-c2cccc(-c3nc(-n4c5ccccc5c5cc(-c6ccc7oc8ccc9ccccc9c8c7c6)ccc54)nc4ccccc34)c2)cc1. The first-order valence-corrected chi connectivity index (χ1v) is 17.6. The monoisotopic (exact) mass is 663 g/mol. The van der Waals surface area contributed by atoms with Gasteiger partial charge in [0.15, 0.2) is 0 Å². The molecule has 0 radical (unpaired) electrons. The third-order valence-corrected chi connectivity index (χ3v) is 10.4. The Morgan fingerprint density at radius 3 is 1.94 bits per heavy atom. The van der Waals surface area contributed by atoms with Crippen molar-refractivity contribution < 1.29 is 4.42 Å². The molecule has 52 heavy (non-hydrogen) atoms. The fourth-order valence-electron chi connectivity index (χ4n) is 7.96. The smallest absolute Gasteiger partial charge is 0.235 e. The van der Waals surface area contributed by atoms with Gasteiger partial charge in [-0.1, -0.05) is 127 Å². The number of benzene rings is 8. The molecule has 0 aliphatic rings. The highest BCUT2D eigenvalue weighted by Crippen LogP contribution is 2.39. The van der Waals surface area contributed by atoms with Crippen molar-refractivity contribution in [3.05, 3.63) is 176 Å². The molecule has 0 saturated heterocycles. The van der Waals surface area contributed by atoms with Gasteiger partial charge in [-0.25, -0.2) is 9.97 Å². The minimum Gasteiger partial charge on any atom is -0.456 e. The van der Waals surface area contributed by atoms with E-state index >= 15 is 0 Å². The molecular formula is C48H29N3O. The number of fused-ring (bicyclic) bond motifs is 9. The second-order valence-corrected chi connectivity index (χ2v) is 13.4. The van der Waals surface area contributed by atoms with Gasteiger partial charge in [-0.05, 0) is 81.6 Å². The molecule has 242 valence electrons. The summed E-state index contributed by atoms with van der Waals surface area (Å²) in [5.74, 6) is 0.649. The zero-order chi connectivity index (χ0) is 34.2. The first kappa shape index (κ1) is 28.8. The van der Waals surface area contributed by atoms with E-state index < -0.39 is 0 Å². The molecule has 0 unspecified atom stereocenters. The average Bonchev–Trinajstić information content (AvgIpc) is 3.76. The first-order valence-electron chi connectivity index (χ1n) is 17.6. The maximum absolute atomic E-state index is 6.32. The van der Waals surface area contributed by atoms with Gasteiger partial charge in [0.05, 0.1) is 22.2 Å². The standard InChI is InChI=1S/C48H29N3O/c1-2-11-30(12-3-1)32-14-10-15-35(27-32)47-38-18-6-8-19-41(38)49-48(50-47)51-42-20-9-7-17-37(42)39-28-33(21-24-43(39)51)34-23-25-44-40(29-34)46-36-16-5-4-13-31(36)22-26-45(46)52-44/h1-29H. The molecule has 11 rings (SSSR count). The van der Waals surface area contributed by atoms with Crippen molar-refractivity contribution in [3.63, 3.8) is 0 Å². The highest BCUT2D eigenvalue weighted by Gasteiger charge is 2.19. The summed E-state index contributed by atoms with van der Waals surface area (Å²) < 4.78 is 8.53. The Bertz CT molecular complexity index is 3190. The lowest BCUT2D eigenvalue weighted by molar-refractivity contribution is 0.669. The van der Waals surface area contributed by atoms with E-state index in [1.807, 2.05) is 12.1 Å². The fraction of sp³-hybridized carbons (Fsp3) is 0. The molecule has 3 heterocycles. The Morgan fingerprint density at radius 2 is 1.04 bits per heavy atom. The van der Waals surface area contributed by atoms with Crippen LogP contribution in [0.3, 0.4) is 0 Å². The van der Waals surface area contributed by atoms with Crippen LogP contribution in [0, 0.1) is 0 Å². The maximum atomic E-state index is 6.32. The van der Waals surface area contributed by atoms with Gasteiger partial charge in [-0.3, -0.25) is 4.57 Å². The van der Waals surface area contributed by atoms with Gasteiger partial charge < -0.3 is 4.42 Å². The molecule has 0 aliphatic heterocycles. The molecule has 3 aromatic heterocycles. The lowest BCUT2D eigenvalue weighted by Crippen LogP contribution is -2.03. The highest BCUT2D eigenvalue weighted by atomic mass is 16.3. The zero-order valence-electron chi connectivity index (χ0n) is 28.0. The third kappa shape index (κ3) is 4.41. The van der Waals surface area contributed by atoms with Crippen LogP contribution in [0.2, 0.25) is 0 Å². The van der Waals surface area contributed by atoms with Crippen molar-refractivity contribution in [3.8, 4) is 39.5 Å². The predicted octanol–water partition coefficient (Wildman–Crippen LogP) is 12.8. The summed E-state index contributed by atoms with van der Waals surface area (Å²) in [7, 11) is 0. The quantitative estimate of drug-likeness (QED) is 0.188. The van der Waals surface area contributed by atoms with Gasteiger partial charge in [0.1, 0.15) is 11.2 Å². The molecule has 4 heteroatoms. The minimum atomic E-state index is 0.649. The van der Waals surface area contributed by atoms with E-state index in [0.29, 0.717) is 5.95 Å². The highest BCUT2D eigenvalue weighted by molar-refractivity contribution is 6.19. The number of para-hydroxylation sites is 2. The van der Waals surface area contributed by atoms with Crippen LogP contribution in [0.1, 0.15) is 0 Å². The summed E-state index contributed by atoms with van der Waals surface area (Å²) >= 11 is 0. The number of furan rings is 1. The number of rotatable bonds is 4. The van der Waals surface area contributed by atoms with E-state index in [-0.39, 0.29) is 0 Å².